The van der Waals surface area contributed by atoms with Crippen LogP contribution in [0.1, 0.15) is 28.4 Å². The molecule has 3 rings (SSSR count). The number of aryl methyl sites for hydroxylation is 2. The van der Waals surface area contributed by atoms with E-state index in [-0.39, 0.29) is 6.04 Å². The highest BCUT2D eigenvalue weighted by molar-refractivity contribution is 7.12. The van der Waals surface area contributed by atoms with Crippen molar-refractivity contribution in [3.05, 3.63) is 51.8 Å². The third-order valence-corrected chi connectivity index (χ3v) is 4.85. The van der Waals surface area contributed by atoms with Crippen molar-refractivity contribution in [2.45, 2.75) is 32.9 Å². The Morgan fingerprint density at radius 3 is 2.76 bits per heavy atom. The van der Waals surface area contributed by atoms with Crippen molar-refractivity contribution in [3.63, 3.8) is 0 Å². The number of fused-ring (bicyclic) bond motifs is 1. The summed E-state index contributed by atoms with van der Waals surface area (Å²) in [5, 5.41) is 5.97. The number of hydrogen-bond donors (Lipinski definition) is 2. The second-order valence-corrected chi connectivity index (χ2v) is 6.47. The van der Waals surface area contributed by atoms with Crippen LogP contribution in [0.3, 0.4) is 0 Å². The first-order valence-corrected chi connectivity index (χ1v) is 8.01. The minimum Gasteiger partial charge on any atom is -0.271 e. The number of nitrogens with zero attached hydrogens (tertiary/aromatic N) is 2. The van der Waals surface area contributed by atoms with Crippen LogP contribution in [0.15, 0.2) is 36.4 Å². The molecule has 1 atom stereocenters. The number of hydrazine groups is 1. The molecule has 0 saturated carbocycles. The highest BCUT2D eigenvalue weighted by Crippen LogP contribution is 2.27. The van der Waals surface area contributed by atoms with E-state index in [4.69, 9.17) is 10.9 Å². The minimum absolute atomic E-state index is 0.104. The fraction of sp³-hybridized carbons (Fsp3) is 0.312. The molecule has 0 fully saturated rings. The van der Waals surface area contributed by atoms with Crippen molar-refractivity contribution in [1.82, 2.24) is 15.2 Å². The van der Waals surface area contributed by atoms with Gasteiger partial charge in [-0.05, 0) is 32.0 Å². The standard InChI is InChI=1S/C16H20N4S/c1-3-20-15-7-5-4-6-12(15)13(19-20)10-14(18-17)16-9-8-11(2)21-16/h4-9,14,18H,3,10,17H2,1-2H3. The Balaban J connectivity index is 1.97. The van der Waals surface area contributed by atoms with Crippen LogP contribution in [0.2, 0.25) is 0 Å². The van der Waals surface area contributed by atoms with Crippen LogP contribution in [-0.2, 0) is 13.0 Å². The number of hydrogen-bond acceptors (Lipinski definition) is 4. The van der Waals surface area contributed by atoms with Crippen LogP contribution < -0.4 is 11.3 Å². The highest BCUT2D eigenvalue weighted by Gasteiger charge is 2.17. The molecule has 3 aromatic rings. The number of rotatable bonds is 5. The third kappa shape index (κ3) is 2.72. The highest BCUT2D eigenvalue weighted by atomic mass is 32.1. The van der Waals surface area contributed by atoms with Gasteiger partial charge in [-0.2, -0.15) is 5.10 Å². The Kier molecular flexibility index (Phi) is 4.05. The molecule has 0 aliphatic rings. The molecule has 1 aromatic carbocycles. The van der Waals surface area contributed by atoms with Crippen molar-refractivity contribution in [2.24, 2.45) is 5.84 Å². The number of nitrogens with two attached hydrogens (primary N) is 1. The molecular weight excluding hydrogens is 280 g/mol. The van der Waals surface area contributed by atoms with Crippen molar-refractivity contribution < 1.29 is 0 Å². The molecule has 0 radical (unpaired) electrons. The summed E-state index contributed by atoms with van der Waals surface area (Å²) in [5.74, 6) is 5.77. The number of nitrogens with one attached hydrogen (secondary N) is 1. The van der Waals surface area contributed by atoms with Gasteiger partial charge in [0.05, 0.1) is 17.3 Å². The van der Waals surface area contributed by atoms with Gasteiger partial charge in [-0.25, -0.2) is 0 Å². The Bertz CT molecular complexity index is 744. The van der Waals surface area contributed by atoms with E-state index >= 15 is 0 Å². The first-order valence-electron chi connectivity index (χ1n) is 7.19. The topological polar surface area (TPSA) is 55.9 Å². The molecule has 2 heterocycles. The molecule has 0 amide bonds. The summed E-state index contributed by atoms with van der Waals surface area (Å²) < 4.78 is 2.05. The zero-order valence-corrected chi connectivity index (χ0v) is 13.2. The first-order chi connectivity index (χ1) is 10.2. The maximum absolute atomic E-state index is 5.77. The maximum atomic E-state index is 5.77. The largest absolute Gasteiger partial charge is 0.271 e. The quantitative estimate of drug-likeness (QED) is 0.562. The Morgan fingerprint density at radius 1 is 1.29 bits per heavy atom. The number of thiophene rings is 1. The molecular formula is C16H20N4S. The summed E-state index contributed by atoms with van der Waals surface area (Å²) in [6.45, 7) is 5.10. The summed E-state index contributed by atoms with van der Waals surface area (Å²) >= 11 is 1.78. The Morgan fingerprint density at radius 2 is 2.10 bits per heavy atom. The van der Waals surface area contributed by atoms with Crippen molar-refractivity contribution in [2.75, 3.05) is 0 Å². The molecule has 21 heavy (non-hydrogen) atoms. The van der Waals surface area contributed by atoms with Gasteiger partial charge in [0.1, 0.15) is 0 Å². The average Bonchev–Trinajstić information content (AvgIpc) is 3.09. The summed E-state index contributed by atoms with van der Waals surface area (Å²) in [6.07, 6.45) is 0.796. The van der Waals surface area contributed by atoms with Crippen LogP contribution in [0.4, 0.5) is 0 Å². The van der Waals surface area contributed by atoms with E-state index in [2.05, 4.69) is 60.4 Å². The molecule has 4 nitrogen and oxygen atoms in total. The van der Waals surface area contributed by atoms with Gasteiger partial charge in [0, 0.05) is 28.1 Å². The van der Waals surface area contributed by atoms with E-state index in [1.54, 1.807) is 11.3 Å². The second-order valence-electron chi connectivity index (χ2n) is 5.15. The molecule has 5 heteroatoms. The van der Waals surface area contributed by atoms with E-state index in [1.165, 1.54) is 20.7 Å². The lowest BCUT2D eigenvalue weighted by molar-refractivity contribution is 0.547. The lowest BCUT2D eigenvalue weighted by Gasteiger charge is -2.12. The first kappa shape index (κ1) is 14.3. The van der Waals surface area contributed by atoms with Gasteiger partial charge in [-0.3, -0.25) is 16.0 Å². The molecule has 1 unspecified atom stereocenters. The van der Waals surface area contributed by atoms with E-state index < -0.39 is 0 Å². The normalized spacial score (nSPS) is 12.9. The summed E-state index contributed by atoms with van der Waals surface area (Å²) in [4.78, 5) is 2.55. The van der Waals surface area contributed by atoms with E-state index in [1.807, 2.05) is 0 Å². The Labute approximate surface area is 128 Å². The van der Waals surface area contributed by atoms with Crippen LogP contribution in [0.25, 0.3) is 10.9 Å². The van der Waals surface area contributed by atoms with Gasteiger partial charge >= 0.3 is 0 Å². The van der Waals surface area contributed by atoms with E-state index in [0.29, 0.717) is 0 Å². The van der Waals surface area contributed by atoms with Crippen molar-refractivity contribution >= 4 is 22.2 Å². The van der Waals surface area contributed by atoms with Crippen LogP contribution in [-0.4, -0.2) is 9.78 Å². The molecule has 0 aliphatic heterocycles. The van der Waals surface area contributed by atoms with E-state index in [9.17, 15) is 0 Å². The van der Waals surface area contributed by atoms with Crippen LogP contribution >= 0.6 is 11.3 Å². The van der Waals surface area contributed by atoms with Crippen molar-refractivity contribution in [1.29, 1.82) is 0 Å². The molecule has 0 spiro atoms. The molecule has 3 N–H and O–H groups in total. The summed E-state index contributed by atoms with van der Waals surface area (Å²) in [5.41, 5.74) is 5.22. The monoisotopic (exact) mass is 300 g/mol. The second kappa shape index (κ2) is 5.97. The fourth-order valence-corrected chi connectivity index (χ4v) is 3.60. The molecule has 0 aliphatic carbocycles. The van der Waals surface area contributed by atoms with Crippen LogP contribution in [0.5, 0.6) is 0 Å². The van der Waals surface area contributed by atoms with E-state index in [0.717, 1.165) is 18.7 Å². The van der Waals surface area contributed by atoms with Gasteiger partial charge in [0.2, 0.25) is 0 Å². The lowest BCUT2D eigenvalue weighted by atomic mass is 10.1. The molecule has 2 aromatic heterocycles. The smallest absolute Gasteiger partial charge is 0.0723 e. The van der Waals surface area contributed by atoms with Crippen LogP contribution in [0, 0.1) is 6.92 Å². The zero-order valence-electron chi connectivity index (χ0n) is 12.3. The summed E-state index contributed by atoms with van der Waals surface area (Å²) in [6, 6.07) is 12.8. The van der Waals surface area contributed by atoms with Gasteiger partial charge in [0.25, 0.3) is 0 Å². The lowest BCUT2D eigenvalue weighted by Crippen LogP contribution is -2.29. The predicted molar refractivity (Wildman–Crippen MR) is 88.2 cm³/mol. The van der Waals surface area contributed by atoms with Gasteiger partial charge in [-0.15, -0.1) is 11.3 Å². The minimum atomic E-state index is 0.104. The third-order valence-electron chi connectivity index (χ3n) is 3.74. The van der Waals surface area contributed by atoms with Crippen molar-refractivity contribution in [3.8, 4) is 0 Å². The number of para-hydroxylation sites is 1. The van der Waals surface area contributed by atoms with Gasteiger partial charge in [0.15, 0.2) is 0 Å². The number of aromatic nitrogens is 2. The van der Waals surface area contributed by atoms with Gasteiger partial charge in [-0.1, -0.05) is 18.2 Å². The predicted octanol–water partition coefficient (Wildman–Crippen LogP) is 3.17. The Hall–Kier alpha value is -1.69. The molecule has 0 saturated heterocycles. The van der Waals surface area contributed by atoms with Gasteiger partial charge < -0.3 is 0 Å². The number of benzene rings is 1. The average molecular weight is 300 g/mol. The fourth-order valence-electron chi connectivity index (χ4n) is 2.66. The summed E-state index contributed by atoms with van der Waals surface area (Å²) in [7, 11) is 0. The maximum Gasteiger partial charge on any atom is 0.0723 e. The SMILES string of the molecule is CCn1nc(CC(NN)c2ccc(C)s2)c2ccccc21. The zero-order chi connectivity index (χ0) is 14.8. The molecule has 0 bridgehead atoms. The molecule has 110 valence electrons.